The van der Waals surface area contributed by atoms with E-state index in [9.17, 15) is 4.79 Å². The largest absolute Gasteiger partial charge is 0.422 e. The fourth-order valence-corrected chi connectivity index (χ4v) is 2.82. The highest BCUT2D eigenvalue weighted by Crippen LogP contribution is 2.22. The normalized spacial score (nSPS) is 14.4. The summed E-state index contributed by atoms with van der Waals surface area (Å²) in [5, 5.41) is 0.908. The van der Waals surface area contributed by atoms with Crippen molar-refractivity contribution in [1.82, 2.24) is 4.98 Å². The van der Waals surface area contributed by atoms with Crippen LogP contribution in [0.25, 0.3) is 23.1 Å². The minimum atomic E-state index is -0.363. The predicted octanol–water partition coefficient (Wildman–Crippen LogP) is 4.21. The summed E-state index contributed by atoms with van der Waals surface area (Å²) in [6.45, 7) is 0. The van der Waals surface area contributed by atoms with Gasteiger partial charge in [0.25, 0.3) is 0 Å². The Morgan fingerprint density at radius 1 is 1.16 bits per heavy atom. The monoisotopic (exact) mass is 325 g/mol. The van der Waals surface area contributed by atoms with Gasteiger partial charge >= 0.3 is 5.63 Å². The molecule has 0 fully saturated rings. The average Bonchev–Trinajstić information content (AvgIpc) is 2.61. The van der Waals surface area contributed by atoms with Gasteiger partial charge in [-0.1, -0.05) is 24.0 Å². The van der Waals surface area contributed by atoms with E-state index in [0.29, 0.717) is 11.1 Å². The molecule has 1 aromatic carbocycles. The van der Waals surface area contributed by atoms with Crippen molar-refractivity contribution in [2.24, 2.45) is 0 Å². The maximum atomic E-state index is 12.3. The summed E-state index contributed by atoms with van der Waals surface area (Å²) in [6, 6.07) is 11.4. The second-order valence-corrected chi connectivity index (χ2v) is 5.83. The highest BCUT2D eigenvalue weighted by molar-refractivity contribution is 5.83. The molecule has 0 N–H and O–H groups in total. The Hall–Kier alpha value is -3.38. The van der Waals surface area contributed by atoms with E-state index in [2.05, 4.69) is 29.0 Å². The number of hydrogen-bond acceptors (Lipinski definition) is 3. The van der Waals surface area contributed by atoms with Crippen molar-refractivity contribution in [2.75, 3.05) is 0 Å². The Kier molecular flexibility index (Phi) is 4.02. The second-order valence-electron chi connectivity index (χ2n) is 5.83. The van der Waals surface area contributed by atoms with Crippen LogP contribution in [0.4, 0.5) is 0 Å². The van der Waals surface area contributed by atoms with E-state index in [-0.39, 0.29) is 5.63 Å². The number of hydrogen-bond donors (Lipinski definition) is 0. The number of aryl methyl sites for hydroxylation is 1. The third-order valence-corrected chi connectivity index (χ3v) is 4.09. The molecule has 0 spiro atoms. The SMILES string of the molecule is O=c1oc2cc3c(cc2cc1/C=C/c1ccccn1)CC/C=C\C#C3. The number of aromatic nitrogens is 1. The quantitative estimate of drug-likeness (QED) is 0.523. The standard InChI is InChI=1S/C22H15NO2/c24-22-18(10-11-20-9-5-6-12-23-20)14-19-13-16-7-3-1-2-4-8-17(16)15-21(19)25-22/h1-2,5-6,9-15H,3,7H2/b2-1-,11-10+. The van der Waals surface area contributed by atoms with Gasteiger partial charge in [0.1, 0.15) is 5.58 Å². The van der Waals surface area contributed by atoms with Gasteiger partial charge in [-0.25, -0.2) is 4.79 Å². The molecular formula is C22H15NO2. The summed E-state index contributed by atoms with van der Waals surface area (Å²) in [4.78, 5) is 16.5. The Labute approximate surface area is 145 Å². The molecule has 0 aliphatic heterocycles. The van der Waals surface area contributed by atoms with E-state index >= 15 is 0 Å². The summed E-state index contributed by atoms with van der Waals surface area (Å²) < 4.78 is 5.51. The maximum absolute atomic E-state index is 12.3. The van der Waals surface area contributed by atoms with Crippen molar-refractivity contribution in [3.05, 3.63) is 87.6 Å². The maximum Gasteiger partial charge on any atom is 0.343 e. The van der Waals surface area contributed by atoms with Crippen molar-refractivity contribution >= 4 is 23.1 Å². The lowest BCUT2D eigenvalue weighted by atomic mass is 9.99. The molecule has 1 aliphatic rings. The van der Waals surface area contributed by atoms with E-state index in [0.717, 1.165) is 29.5 Å². The van der Waals surface area contributed by atoms with Crippen molar-refractivity contribution < 1.29 is 4.42 Å². The van der Waals surface area contributed by atoms with Gasteiger partial charge in [0.2, 0.25) is 0 Å². The summed E-state index contributed by atoms with van der Waals surface area (Å²) in [5.41, 5.74) is 3.61. The van der Waals surface area contributed by atoms with E-state index in [4.69, 9.17) is 4.42 Å². The van der Waals surface area contributed by atoms with E-state index in [1.807, 2.05) is 42.5 Å². The van der Waals surface area contributed by atoms with Gasteiger partial charge in [0, 0.05) is 17.1 Å². The molecule has 120 valence electrons. The van der Waals surface area contributed by atoms with Crippen LogP contribution in [-0.2, 0) is 6.42 Å². The number of rotatable bonds is 2. The molecule has 0 amide bonds. The van der Waals surface area contributed by atoms with E-state index in [1.54, 1.807) is 12.3 Å². The molecule has 0 saturated carbocycles. The lowest BCUT2D eigenvalue weighted by Gasteiger charge is -2.07. The van der Waals surface area contributed by atoms with Crippen LogP contribution < -0.4 is 5.63 Å². The molecule has 3 nitrogen and oxygen atoms in total. The molecule has 25 heavy (non-hydrogen) atoms. The van der Waals surface area contributed by atoms with Crippen molar-refractivity contribution in [1.29, 1.82) is 0 Å². The first-order valence-corrected chi connectivity index (χ1v) is 8.16. The van der Waals surface area contributed by atoms with Crippen LogP contribution >= 0.6 is 0 Å². The number of allylic oxidation sites excluding steroid dienone is 2. The highest BCUT2D eigenvalue weighted by Gasteiger charge is 2.08. The van der Waals surface area contributed by atoms with Crippen LogP contribution in [0.5, 0.6) is 0 Å². The average molecular weight is 325 g/mol. The van der Waals surface area contributed by atoms with Gasteiger partial charge in [0.15, 0.2) is 0 Å². The molecule has 3 heteroatoms. The first-order chi connectivity index (χ1) is 12.3. The zero-order valence-electron chi connectivity index (χ0n) is 13.5. The molecule has 4 rings (SSSR count). The molecule has 1 aliphatic carbocycles. The number of benzene rings is 1. The van der Waals surface area contributed by atoms with E-state index in [1.165, 1.54) is 5.56 Å². The Morgan fingerprint density at radius 3 is 3.00 bits per heavy atom. The second kappa shape index (κ2) is 6.62. The van der Waals surface area contributed by atoms with Gasteiger partial charge in [0.05, 0.1) is 11.3 Å². The third-order valence-electron chi connectivity index (χ3n) is 4.09. The molecule has 3 aromatic rings. The fourth-order valence-electron chi connectivity index (χ4n) is 2.82. The van der Waals surface area contributed by atoms with Crippen molar-refractivity contribution in [2.45, 2.75) is 12.8 Å². The van der Waals surface area contributed by atoms with Gasteiger partial charge in [-0.15, -0.1) is 0 Å². The Bertz CT molecular complexity index is 1110. The first-order valence-electron chi connectivity index (χ1n) is 8.16. The third kappa shape index (κ3) is 3.29. The first kappa shape index (κ1) is 15.2. The number of pyridine rings is 1. The van der Waals surface area contributed by atoms with Crippen LogP contribution in [0.2, 0.25) is 0 Å². The molecule has 0 saturated heterocycles. The molecule has 2 heterocycles. The Balaban J connectivity index is 1.79. The van der Waals surface area contributed by atoms with Gasteiger partial charge in [-0.3, -0.25) is 4.98 Å². The van der Waals surface area contributed by atoms with Gasteiger partial charge in [-0.2, -0.15) is 0 Å². The van der Waals surface area contributed by atoms with Crippen LogP contribution in [-0.4, -0.2) is 4.98 Å². The van der Waals surface area contributed by atoms with Crippen LogP contribution in [0.3, 0.4) is 0 Å². The minimum absolute atomic E-state index is 0.363. The van der Waals surface area contributed by atoms with Crippen molar-refractivity contribution in [3.8, 4) is 11.8 Å². The topological polar surface area (TPSA) is 43.1 Å². The summed E-state index contributed by atoms with van der Waals surface area (Å²) in [7, 11) is 0. The molecule has 0 unspecified atom stereocenters. The lowest BCUT2D eigenvalue weighted by molar-refractivity contribution is 0.559. The molecular weight excluding hydrogens is 310 g/mol. The van der Waals surface area contributed by atoms with Gasteiger partial charge in [-0.05, 0) is 67.0 Å². The predicted molar refractivity (Wildman–Crippen MR) is 100.0 cm³/mol. The zero-order valence-corrected chi connectivity index (χ0v) is 13.5. The van der Waals surface area contributed by atoms with Crippen LogP contribution in [0, 0.1) is 11.8 Å². The molecule has 0 bridgehead atoms. The summed E-state index contributed by atoms with van der Waals surface area (Å²) >= 11 is 0. The molecule has 0 atom stereocenters. The zero-order chi connectivity index (χ0) is 17.1. The van der Waals surface area contributed by atoms with Crippen LogP contribution in [0.1, 0.15) is 28.8 Å². The van der Waals surface area contributed by atoms with Gasteiger partial charge < -0.3 is 4.42 Å². The molecule has 2 aromatic heterocycles. The lowest BCUT2D eigenvalue weighted by Crippen LogP contribution is -2.03. The van der Waals surface area contributed by atoms with E-state index < -0.39 is 0 Å². The molecule has 0 radical (unpaired) electrons. The highest BCUT2D eigenvalue weighted by atomic mass is 16.4. The summed E-state index contributed by atoms with van der Waals surface area (Å²) in [5.74, 6) is 6.12. The Morgan fingerprint density at radius 2 is 2.12 bits per heavy atom. The fraction of sp³-hybridized carbons (Fsp3) is 0.0909. The van der Waals surface area contributed by atoms with Crippen LogP contribution in [0.15, 0.2) is 64.0 Å². The minimum Gasteiger partial charge on any atom is -0.422 e. The van der Waals surface area contributed by atoms with Crippen molar-refractivity contribution in [3.63, 3.8) is 0 Å². The number of nitrogens with zero attached hydrogens (tertiary/aromatic N) is 1. The summed E-state index contributed by atoms with van der Waals surface area (Å²) in [6.07, 6.45) is 11.1. The number of fused-ring (bicyclic) bond motifs is 2. The smallest absolute Gasteiger partial charge is 0.343 e.